The molecule has 0 saturated heterocycles. The number of carbonyl (C=O) groups excluding carboxylic acids is 1. The number of hydrogen-bond acceptors (Lipinski definition) is 5. The van der Waals surface area contributed by atoms with Gasteiger partial charge in [-0.15, -0.1) is 0 Å². The molecule has 1 amide bonds. The Bertz CT molecular complexity index is 806. The van der Waals surface area contributed by atoms with Crippen LogP contribution in [0.3, 0.4) is 0 Å². The van der Waals surface area contributed by atoms with Crippen LogP contribution in [0.5, 0.6) is 11.5 Å². The second-order valence-corrected chi connectivity index (χ2v) is 5.84. The van der Waals surface area contributed by atoms with E-state index in [2.05, 4.69) is 11.4 Å². The van der Waals surface area contributed by atoms with Crippen molar-refractivity contribution in [1.82, 2.24) is 0 Å². The molecule has 0 saturated carbocycles. The van der Waals surface area contributed by atoms with Crippen LogP contribution in [0, 0.1) is 0 Å². The lowest BCUT2D eigenvalue weighted by molar-refractivity contribution is -0.179. The van der Waals surface area contributed by atoms with Crippen LogP contribution < -0.4 is 19.8 Å². The molecule has 1 N–H and O–H groups in total. The zero-order chi connectivity index (χ0) is 16.7. The molecule has 0 fully saturated rings. The Morgan fingerprint density at radius 2 is 2.00 bits per heavy atom. The molecule has 2 aliphatic heterocycles. The first-order valence-electron chi connectivity index (χ1n) is 7.81. The zero-order valence-corrected chi connectivity index (χ0v) is 13.5. The van der Waals surface area contributed by atoms with Crippen LogP contribution in [-0.2, 0) is 11.3 Å². The van der Waals surface area contributed by atoms with E-state index in [1.54, 1.807) is 12.1 Å². The van der Waals surface area contributed by atoms with Gasteiger partial charge in [0.05, 0.1) is 31.5 Å². The largest absolute Gasteiger partial charge is 0.493 e. The summed E-state index contributed by atoms with van der Waals surface area (Å²) in [6.45, 7) is 0.673. The highest BCUT2D eigenvalue weighted by molar-refractivity contribution is 6.12. The van der Waals surface area contributed by atoms with Crippen LogP contribution in [0.2, 0.25) is 0 Å². The maximum absolute atomic E-state index is 13.2. The monoisotopic (exact) mass is 326 g/mol. The smallest absolute Gasteiger partial charge is 0.260 e. The highest BCUT2D eigenvalue weighted by Gasteiger charge is 2.37. The number of ether oxygens (including phenoxy) is 1. The molecule has 2 aliphatic rings. The van der Waals surface area contributed by atoms with E-state index in [9.17, 15) is 4.79 Å². The third-order valence-electron chi connectivity index (χ3n) is 4.53. The fraction of sp³-hybridized carbons (Fsp3) is 0.278. The first kappa shape index (κ1) is 14.8. The molecule has 1 atom stereocenters. The van der Waals surface area contributed by atoms with Gasteiger partial charge in [0.25, 0.3) is 5.91 Å². The van der Waals surface area contributed by atoms with Crippen LogP contribution >= 0.6 is 0 Å². The molecule has 4 rings (SSSR count). The summed E-state index contributed by atoms with van der Waals surface area (Å²) in [5.41, 5.74) is 3.47. The van der Waals surface area contributed by atoms with Crippen molar-refractivity contribution in [3.63, 3.8) is 0 Å². The number of amides is 1. The van der Waals surface area contributed by atoms with Crippen LogP contribution in [-0.4, -0.2) is 32.7 Å². The first-order chi connectivity index (χ1) is 11.7. The molecule has 6 nitrogen and oxygen atoms in total. The molecule has 0 aliphatic carbocycles. The fourth-order valence-corrected chi connectivity index (χ4v) is 3.45. The first-order valence-corrected chi connectivity index (χ1v) is 7.81. The summed E-state index contributed by atoms with van der Waals surface area (Å²) in [4.78, 5) is 24.9. The van der Waals surface area contributed by atoms with Gasteiger partial charge in [0.2, 0.25) is 5.75 Å². The molecule has 0 bridgehead atoms. The normalized spacial score (nSPS) is 18.2. The van der Waals surface area contributed by atoms with Crippen LogP contribution in [0.1, 0.15) is 15.9 Å². The van der Waals surface area contributed by atoms with Gasteiger partial charge >= 0.3 is 0 Å². The minimum Gasteiger partial charge on any atom is -0.493 e. The number of anilines is 2. The predicted octanol–water partition coefficient (Wildman–Crippen LogP) is 2.63. The molecule has 24 heavy (non-hydrogen) atoms. The number of rotatable bonds is 3. The fourth-order valence-electron chi connectivity index (χ4n) is 3.45. The number of para-hydroxylation sites is 1. The molecule has 0 radical (unpaired) electrons. The Labute approximate surface area is 139 Å². The Morgan fingerprint density at radius 3 is 2.79 bits per heavy atom. The molecule has 6 heteroatoms. The highest BCUT2D eigenvalue weighted by atomic mass is 17.2. The van der Waals surface area contributed by atoms with Crippen molar-refractivity contribution in [3.8, 4) is 11.5 Å². The van der Waals surface area contributed by atoms with E-state index in [1.807, 2.05) is 23.1 Å². The SMILES string of the molecule is COOc1cc2c(cc1OC)C(=O)N1c3ccccc3C[C@H]1CN2. The van der Waals surface area contributed by atoms with Crippen LogP contribution in [0.15, 0.2) is 36.4 Å². The Morgan fingerprint density at radius 1 is 1.17 bits per heavy atom. The maximum atomic E-state index is 13.2. The average molecular weight is 326 g/mol. The second kappa shape index (κ2) is 5.72. The second-order valence-electron chi connectivity index (χ2n) is 5.84. The van der Waals surface area contributed by atoms with E-state index < -0.39 is 0 Å². The quantitative estimate of drug-likeness (QED) is 0.694. The van der Waals surface area contributed by atoms with E-state index in [-0.39, 0.29) is 11.9 Å². The van der Waals surface area contributed by atoms with Gasteiger partial charge in [-0.1, -0.05) is 18.2 Å². The van der Waals surface area contributed by atoms with E-state index in [1.165, 1.54) is 19.8 Å². The standard InChI is InChI=1S/C18H18N2O4/c1-22-16-8-13-14(9-17(16)24-23-2)19-10-12-7-11-5-3-4-6-15(11)20(12)18(13)21/h3-6,8-9,12,19H,7,10H2,1-2H3/t12-/m0/s1. The topological polar surface area (TPSA) is 60.0 Å². The Hall–Kier alpha value is -2.73. The number of nitrogens with one attached hydrogen (secondary N) is 1. The number of hydrogen-bond donors (Lipinski definition) is 1. The van der Waals surface area contributed by atoms with Crippen molar-refractivity contribution in [3.05, 3.63) is 47.5 Å². The number of methoxy groups -OCH3 is 1. The number of benzene rings is 2. The summed E-state index contributed by atoms with van der Waals surface area (Å²) in [6, 6.07) is 11.6. The van der Waals surface area contributed by atoms with Crippen molar-refractivity contribution >= 4 is 17.3 Å². The molecule has 124 valence electrons. The summed E-state index contributed by atoms with van der Waals surface area (Å²) in [5, 5.41) is 3.36. The minimum atomic E-state index is -0.0350. The van der Waals surface area contributed by atoms with Gasteiger partial charge in [0, 0.05) is 18.3 Å². The lowest BCUT2D eigenvalue weighted by atomic mass is 10.1. The minimum absolute atomic E-state index is 0.0350. The molecular weight excluding hydrogens is 308 g/mol. The molecule has 2 aromatic rings. The lowest BCUT2D eigenvalue weighted by Crippen LogP contribution is -2.39. The van der Waals surface area contributed by atoms with Crippen LogP contribution in [0.4, 0.5) is 11.4 Å². The summed E-state index contributed by atoms with van der Waals surface area (Å²) in [7, 11) is 2.96. The third-order valence-corrected chi connectivity index (χ3v) is 4.53. The molecule has 2 aromatic carbocycles. The van der Waals surface area contributed by atoms with Gasteiger partial charge in [0.1, 0.15) is 0 Å². The van der Waals surface area contributed by atoms with Crippen molar-refractivity contribution in [2.45, 2.75) is 12.5 Å². The molecule has 2 heterocycles. The number of fused-ring (bicyclic) bond motifs is 4. The van der Waals surface area contributed by atoms with E-state index in [0.29, 0.717) is 23.6 Å². The zero-order valence-electron chi connectivity index (χ0n) is 13.5. The Balaban J connectivity index is 1.80. The van der Waals surface area contributed by atoms with E-state index in [0.717, 1.165) is 17.8 Å². The summed E-state index contributed by atoms with van der Waals surface area (Å²) < 4.78 is 5.33. The number of carbonyl (C=O) groups is 1. The van der Waals surface area contributed by atoms with Crippen LogP contribution in [0.25, 0.3) is 0 Å². The molecule has 0 spiro atoms. The highest BCUT2D eigenvalue weighted by Crippen LogP contribution is 2.40. The van der Waals surface area contributed by atoms with Crippen molar-refractivity contribution in [2.24, 2.45) is 0 Å². The van der Waals surface area contributed by atoms with E-state index in [4.69, 9.17) is 14.5 Å². The predicted molar refractivity (Wildman–Crippen MR) is 89.9 cm³/mol. The summed E-state index contributed by atoms with van der Waals surface area (Å²) in [6.07, 6.45) is 0.849. The van der Waals surface area contributed by atoms with Gasteiger partial charge in [-0.2, -0.15) is 4.89 Å². The lowest BCUT2D eigenvalue weighted by Gasteiger charge is -2.22. The van der Waals surface area contributed by atoms with Crippen molar-refractivity contribution in [2.75, 3.05) is 31.0 Å². The average Bonchev–Trinajstić information content (AvgIpc) is 2.92. The van der Waals surface area contributed by atoms with Crippen molar-refractivity contribution in [1.29, 1.82) is 0 Å². The van der Waals surface area contributed by atoms with Crippen molar-refractivity contribution < 1.29 is 19.3 Å². The van der Waals surface area contributed by atoms with E-state index >= 15 is 0 Å². The molecular formula is C18H18N2O4. The van der Waals surface area contributed by atoms with Gasteiger partial charge in [-0.3, -0.25) is 4.79 Å². The molecule has 0 aromatic heterocycles. The van der Waals surface area contributed by atoms with Gasteiger partial charge < -0.3 is 19.8 Å². The Kier molecular flexibility index (Phi) is 3.54. The number of nitrogens with zero attached hydrogens (tertiary/aromatic N) is 1. The van der Waals surface area contributed by atoms with Gasteiger partial charge in [-0.05, 0) is 24.1 Å². The summed E-state index contributed by atoms with van der Waals surface area (Å²) >= 11 is 0. The molecule has 0 unspecified atom stereocenters. The maximum Gasteiger partial charge on any atom is 0.260 e. The van der Waals surface area contributed by atoms with Gasteiger partial charge in [-0.25, -0.2) is 0 Å². The van der Waals surface area contributed by atoms with Gasteiger partial charge in [0.15, 0.2) is 5.75 Å². The summed E-state index contributed by atoms with van der Waals surface area (Å²) in [5.74, 6) is 0.852. The third kappa shape index (κ3) is 2.18.